The molecular weight excluding hydrogens is 168 g/mol. The zero-order valence-electron chi connectivity index (χ0n) is 6.73. The summed E-state index contributed by atoms with van der Waals surface area (Å²) in [6, 6.07) is 4.34. The van der Waals surface area contributed by atoms with Gasteiger partial charge in [0, 0.05) is 5.56 Å². The van der Waals surface area contributed by atoms with Gasteiger partial charge in [-0.3, -0.25) is 0 Å². The molecule has 0 fully saturated rings. The second-order valence-electron chi connectivity index (χ2n) is 2.67. The highest BCUT2D eigenvalue weighted by molar-refractivity contribution is 5.67. The van der Waals surface area contributed by atoms with E-state index in [-0.39, 0.29) is 11.5 Å². The standard InChI is InChI=1S/C9H8N2O2/c12-6-1-2-9(13)7(3-6)8-4-10-5-11-8/h1-5,12-13H,(H,10,11). The van der Waals surface area contributed by atoms with E-state index in [4.69, 9.17) is 0 Å². The third kappa shape index (κ3) is 1.33. The summed E-state index contributed by atoms with van der Waals surface area (Å²) < 4.78 is 0. The van der Waals surface area contributed by atoms with E-state index in [1.165, 1.54) is 24.5 Å². The molecule has 0 amide bonds. The van der Waals surface area contributed by atoms with Gasteiger partial charge in [-0.1, -0.05) is 0 Å². The van der Waals surface area contributed by atoms with Crippen LogP contribution >= 0.6 is 0 Å². The Morgan fingerprint density at radius 2 is 2.08 bits per heavy atom. The molecule has 1 aromatic carbocycles. The molecule has 0 aliphatic carbocycles. The summed E-state index contributed by atoms with van der Waals surface area (Å²) in [6.07, 6.45) is 3.09. The third-order valence-electron chi connectivity index (χ3n) is 1.77. The van der Waals surface area contributed by atoms with Crippen LogP contribution in [-0.2, 0) is 0 Å². The molecule has 3 N–H and O–H groups in total. The summed E-state index contributed by atoms with van der Waals surface area (Å²) >= 11 is 0. The Balaban J connectivity index is 2.57. The first-order valence-electron chi connectivity index (χ1n) is 3.78. The van der Waals surface area contributed by atoms with Gasteiger partial charge in [-0.15, -0.1) is 0 Å². The number of aromatic hydroxyl groups is 2. The van der Waals surface area contributed by atoms with Crippen molar-refractivity contribution in [1.82, 2.24) is 9.97 Å². The van der Waals surface area contributed by atoms with Gasteiger partial charge in [0.25, 0.3) is 0 Å². The average Bonchev–Trinajstić information content (AvgIpc) is 2.61. The van der Waals surface area contributed by atoms with E-state index in [0.29, 0.717) is 11.3 Å². The number of nitrogens with zero attached hydrogens (tertiary/aromatic N) is 1. The van der Waals surface area contributed by atoms with Crippen molar-refractivity contribution in [2.45, 2.75) is 0 Å². The van der Waals surface area contributed by atoms with Crippen molar-refractivity contribution < 1.29 is 10.2 Å². The van der Waals surface area contributed by atoms with Crippen molar-refractivity contribution in [3.63, 3.8) is 0 Å². The maximum Gasteiger partial charge on any atom is 0.125 e. The van der Waals surface area contributed by atoms with Crippen molar-refractivity contribution in [2.75, 3.05) is 0 Å². The summed E-state index contributed by atoms with van der Waals surface area (Å²) in [5.74, 6) is 0.226. The predicted molar refractivity (Wildman–Crippen MR) is 47.4 cm³/mol. The summed E-state index contributed by atoms with van der Waals surface area (Å²) in [5, 5.41) is 18.6. The Hall–Kier alpha value is -1.97. The van der Waals surface area contributed by atoms with E-state index < -0.39 is 0 Å². The molecule has 0 spiro atoms. The van der Waals surface area contributed by atoms with Crippen molar-refractivity contribution in [3.05, 3.63) is 30.7 Å². The van der Waals surface area contributed by atoms with Crippen LogP contribution in [0.4, 0.5) is 0 Å². The van der Waals surface area contributed by atoms with Crippen LogP contribution in [0.5, 0.6) is 11.5 Å². The van der Waals surface area contributed by atoms with Gasteiger partial charge >= 0.3 is 0 Å². The first-order chi connectivity index (χ1) is 6.27. The summed E-state index contributed by atoms with van der Waals surface area (Å²) in [5.41, 5.74) is 1.21. The lowest BCUT2D eigenvalue weighted by Crippen LogP contribution is -1.78. The van der Waals surface area contributed by atoms with Crippen LogP contribution in [-0.4, -0.2) is 20.2 Å². The summed E-state index contributed by atoms with van der Waals surface area (Å²) in [6.45, 7) is 0. The molecular formula is C9H8N2O2. The predicted octanol–water partition coefficient (Wildman–Crippen LogP) is 1.49. The highest BCUT2D eigenvalue weighted by Crippen LogP contribution is 2.30. The summed E-state index contributed by atoms with van der Waals surface area (Å²) in [7, 11) is 0. The minimum Gasteiger partial charge on any atom is -0.508 e. The number of rotatable bonds is 1. The molecule has 1 heterocycles. The fraction of sp³-hybridized carbons (Fsp3) is 0. The van der Waals surface area contributed by atoms with E-state index in [2.05, 4.69) is 9.97 Å². The monoisotopic (exact) mass is 176 g/mol. The lowest BCUT2D eigenvalue weighted by atomic mass is 10.1. The van der Waals surface area contributed by atoms with Crippen molar-refractivity contribution in [3.8, 4) is 22.8 Å². The lowest BCUT2D eigenvalue weighted by molar-refractivity contribution is 0.462. The minimum absolute atomic E-state index is 0.113. The van der Waals surface area contributed by atoms with E-state index >= 15 is 0 Å². The maximum atomic E-state index is 9.45. The summed E-state index contributed by atoms with van der Waals surface area (Å²) in [4.78, 5) is 6.66. The Kier molecular flexibility index (Phi) is 1.66. The number of phenols is 2. The number of benzene rings is 1. The smallest absolute Gasteiger partial charge is 0.125 e. The molecule has 66 valence electrons. The fourth-order valence-electron chi connectivity index (χ4n) is 1.14. The third-order valence-corrected chi connectivity index (χ3v) is 1.77. The molecule has 0 aliphatic rings. The zero-order chi connectivity index (χ0) is 9.26. The van der Waals surface area contributed by atoms with Crippen molar-refractivity contribution in [2.24, 2.45) is 0 Å². The quantitative estimate of drug-likeness (QED) is 0.576. The molecule has 4 heteroatoms. The van der Waals surface area contributed by atoms with Gasteiger partial charge in [-0.05, 0) is 18.2 Å². The van der Waals surface area contributed by atoms with Crippen LogP contribution in [0.1, 0.15) is 0 Å². The SMILES string of the molecule is Oc1ccc(O)c(-c2cnc[nH]2)c1. The molecule has 0 atom stereocenters. The largest absolute Gasteiger partial charge is 0.508 e. The average molecular weight is 176 g/mol. The topological polar surface area (TPSA) is 69.1 Å². The molecule has 0 saturated carbocycles. The van der Waals surface area contributed by atoms with Crippen molar-refractivity contribution >= 4 is 0 Å². The minimum atomic E-state index is 0.113. The number of imidazole rings is 1. The highest BCUT2D eigenvalue weighted by atomic mass is 16.3. The van der Waals surface area contributed by atoms with Crippen LogP contribution in [0.15, 0.2) is 30.7 Å². The van der Waals surface area contributed by atoms with Gasteiger partial charge in [-0.25, -0.2) is 4.98 Å². The van der Waals surface area contributed by atoms with Crippen LogP contribution in [0, 0.1) is 0 Å². The molecule has 0 saturated heterocycles. The molecule has 0 unspecified atom stereocenters. The normalized spacial score (nSPS) is 10.2. The van der Waals surface area contributed by atoms with E-state index in [9.17, 15) is 10.2 Å². The number of H-pyrrole nitrogens is 1. The van der Waals surface area contributed by atoms with Gasteiger partial charge in [0.05, 0.1) is 18.2 Å². The molecule has 13 heavy (non-hydrogen) atoms. The van der Waals surface area contributed by atoms with E-state index in [1.807, 2.05) is 0 Å². The van der Waals surface area contributed by atoms with Crippen molar-refractivity contribution in [1.29, 1.82) is 0 Å². The number of aromatic amines is 1. The number of nitrogens with one attached hydrogen (secondary N) is 1. The molecule has 2 rings (SSSR count). The zero-order valence-corrected chi connectivity index (χ0v) is 6.73. The second kappa shape index (κ2) is 2.82. The second-order valence-corrected chi connectivity index (χ2v) is 2.67. The van der Waals surface area contributed by atoms with E-state index in [0.717, 1.165) is 0 Å². The van der Waals surface area contributed by atoms with Crippen LogP contribution in [0.3, 0.4) is 0 Å². The van der Waals surface area contributed by atoms with Gasteiger partial charge in [0.2, 0.25) is 0 Å². The molecule has 0 aliphatic heterocycles. The number of phenolic OH excluding ortho intramolecular Hbond substituents is 2. The van der Waals surface area contributed by atoms with Gasteiger partial charge in [-0.2, -0.15) is 0 Å². The molecule has 0 radical (unpaired) electrons. The van der Waals surface area contributed by atoms with Gasteiger partial charge in [0.1, 0.15) is 11.5 Å². The molecule has 1 aromatic heterocycles. The van der Waals surface area contributed by atoms with Crippen LogP contribution in [0.25, 0.3) is 11.3 Å². The Labute approximate surface area is 74.5 Å². The van der Waals surface area contributed by atoms with E-state index in [1.54, 1.807) is 6.20 Å². The first-order valence-corrected chi connectivity index (χ1v) is 3.78. The lowest BCUT2D eigenvalue weighted by Gasteiger charge is -2.01. The van der Waals surface area contributed by atoms with Crippen LogP contribution in [0.2, 0.25) is 0 Å². The number of aromatic nitrogens is 2. The maximum absolute atomic E-state index is 9.45. The highest BCUT2D eigenvalue weighted by Gasteiger charge is 2.05. The van der Waals surface area contributed by atoms with Crippen LogP contribution < -0.4 is 0 Å². The molecule has 4 nitrogen and oxygen atoms in total. The van der Waals surface area contributed by atoms with Gasteiger partial charge < -0.3 is 15.2 Å². The Bertz CT molecular complexity index is 410. The van der Waals surface area contributed by atoms with Gasteiger partial charge in [0.15, 0.2) is 0 Å². The number of hydrogen-bond donors (Lipinski definition) is 3. The molecule has 0 bridgehead atoms. The fourth-order valence-corrected chi connectivity index (χ4v) is 1.14. The number of hydrogen-bond acceptors (Lipinski definition) is 3. The Morgan fingerprint density at radius 3 is 2.77 bits per heavy atom. The molecule has 2 aromatic rings. The first kappa shape index (κ1) is 7.67. The Morgan fingerprint density at radius 1 is 1.23 bits per heavy atom.